The molecule has 1 aromatic rings. The molecule has 0 radical (unpaired) electrons. The number of benzene rings is 1. The van der Waals surface area contributed by atoms with Crippen molar-refractivity contribution < 1.29 is 9.47 Å². The molecule has 0 N–H and O–H groups in total. The van der Waals surface area contributed by atoms with Crippen LogP contribution in [-0.2, 0) is 10.6 Å². The van der Waals surface area contributed by atoms with Gasteiger partial charge in [0.25, 0.3) is 0 Å². The van der Waals surface area contributed by atoms with E-state index in [9.17, 15) is 0 Å². The lowest BCUT2D eigenvalue weighted by Crippen LogP contribution is -2.15. The quantitative estimate of drug-likeness (QED) is 0.725. The summed E-state index contributed by atoms with van der Waals surface area (Å²) in [4.78, 5) is 0. The molecule has 0 fully saturated rings. The Labute approximate surface area is 106 Å². The maximum atomic E-state index is 6.03. The SMILES string of the molecule is COCCC(C)Oc1cccc(Cl)c1CCl. The van der Waals surface area contributed by atoms with Crippen molar-refractivity contribution in [2.45, 2.75) is 25.3 Å². The molecule has 90 valence electrons. The Morgan fingerprint density at radius 1 is 1.38 bits per heavy atom. The molecule has 2 nitrogen and oxygen atoms in total. The van der Waals surface area contributed by atoms with Gasteiger partial charge in [-0.3, -0.25) is 0 Å². The molecule has 0 aliphatic rings. The van der Waals surface area contributed by atoms with E-state index in [1.165, 1.54) is 0 Å². The van der Waals surface area contributed by atoms with Crippen LogP contribution >= 0.6 is 23.2 Å². The monoisotopic (exact) mass is 262 g/mol. The van der Waals surface area contributed by atoms with Crippen molar-refractivity contribution in [3.8, 4) is 5.75 Å². The maximum absolute atomic E-state index is 6.03. The third-order valence-corrected chi connectivity index (χ3v) is 2.89. The van der Waals surface area contributed by atoms with Gasteiger partial charge in [0.05, 0.1) is 12.0 Å². The molecule has 1 aromatic carbocycles. The average molecular weight is 263 g/mol. The summed E-state index contributed by atoms with van der Waals surface area (Å²) < 4.78 is 10.8. The molecular formula is C12H16Cl2O2. The first-order valence-electron chi connectivity index (χ1n) is 5.18. The van der Waals surface area contributed by atoms with Crippen LogP contribution in [-0.4, -0.2) is 19.8 Å². The van der Waals surface area contributed by atoms with Gasteiger partial charge in [-0.2, -0.15) is 0 Å². The summed E-state index contributed by atoms with van der Waals surface area (Å²) in [6.45, 7) is 2.68. The largest absolute Gasteiger partial charge is 0.490 e. The maximum Gasteiger partial charge on any atom is 0.125 e. The highest BCUT2D eigenvalue weighted by molar-refractivity contribution is 6.32. The molecule has 0 aliphatic heterocycles. The topological polar surface area (TPSA) is 18.5 Å². The van der Waals surface area contributed by atoms with E-state index < -0.39 is 0 Å². The van der Waals surface area contributed by atoms with Crippen molar-refractivity contribution in [3.63, 3.8) is 0 Å². The Kier molecular flexibility index (Phi) is 5.96. The fourth-order valence-electron chi connectivity index (χ4n) is 1.34. The molecule has 0 spiro atoms. The van der Waals surface area contributed by atoms with Gasteiger partial charge >= 0.3 is 0 Å². The van der Waals surface area contributed by atoms with Crippen molar-refractivity contribution >= 4 is 23.2 Å². The normalized spacial score (nSPS) is 12.5. The number of methoxy groups -OCH3 is 1. The molecule has 16 heavy (non-hydrogen) atoms. The Morgan fingerprint density at radius 2 is 2.12 bits per heavy atom. The Morgan fingerprint density at radius 3 is 2.75 bits per heavy atom. The molecule has 0 aliphatic carbocycles. The fourth-order valence-corrected chi connectivity index (χ4v) is 1.92. The van der Waals surface area contributed by atoms with E-state index >= 15 is 0 Å². The fraction of sp³-hybridized carbons (Fsp3) is 0.500. The second kappa shape index (κ2) is 7.00. The van der Waals surface area contributed by atoms with Gasteiger partial charge in [0, 0.05) is 30.7 Å². The standard InChI is InChI=1S/C12H16Cl2O2/c1-9(6-7-15-2)16-12-5-3-4-11(14)10(12)8-13/h3-5,9H,6-8H2,1-2H3. The van der Waals surface area contributed by atoms with Crippen molar-refractivity contribution in [2.24, 2.45) is 0 Å². The number of hydrogen-bond donors (Lipinski definition) is 0. The first kappa shape index (κ1) is 13.6. The lowest BCUT2D eigenvalue weighted by atomic mass is 10.2. The highest BCUT2D eigenvalue weighted by Gasteiger charge is 2.10. The van der Waals surface area contributed by atoms with Gasteiger partial charge in [-0.25, -0.2) is 0 Å². The Balaban J connectivity index is 2.69. The van der Waals surface area contributed by atoms with Crippen LogP contribution < -0.4 is 4.74 Å². The van der Waals surface area contributed by atoms with Gasteiger partial charge in [0.2, 0.25) is 0 Å². The van der Waals surface area contributed by atoms with Crippen LogP contribution in [0.2, 0.25) is 5.02 Å². The van der Waals surface area contributed by atoms with Crippen LogP contribution in [0.1, 0.15) is 18.9 Å². The number of hydrogen-bond acceptors (Lipinski definition) is 2. The van der Waals surface area contributed by atoms with Crippen LogP contribution in [0.3, 0.4) is 0 Å². The zero-order chi connectivity index (χ0) is 12.0. The molecule has 0 saturated carbocycles. The molecular weight excluding hydrogens is 247 g/mol. The molecule has 1 unspecified atom stereocenters. The third-order valence-electron chi connectivity index (χ3n) is 2.27. The Bertz CT molecular complexity index is 329. The van der Waals surface area contributed by atoms with Crippen LogP contribution in [0, 0.1) is 0 Å². The zero-order valence-electron chi connectivity index (χ0n) is 9.50. The highest BCUT2D eigenvalue weighted by atomic mass is 35.5. The minimum atomic E-state index is 0.0837. The molecule has 1 atom stereocenters. The number of halogens is 2. The number of ether oxygens (including phenoxy) is 2. The third kappa shape index (κ3) is 3.85. The summed E-state index contributed by atoms with van der Waals surface area (Å²) >= 11 is 11.9. The highest BCUT2D eigenvalue weighted by Crippen LogP contribution is 2.28. The predicted octanol–water partition coefficient (Wildman–Crippen LogP) is 3.88. The molecule has 0 heterocycles. The van der Waals surface area contributed by atoms with Crippen molar-refractivity contribution in [1.82, 2.24) is 0 Å². The summed E-state index contributed by atoms with van der Waals surface area (Å²) in [5.74, 6) is 1.11. The van der Waals surface area contributed by atoms with E-state index in [1.807, 2.05) is 25.1 Å². The van der Waals surface area contributed by atoms with Gasteiger partial charge in [0.15, 0.2) is 0 Å². The molecule has 1 rings (SSSR count). The van der Waals surface area contributed by atoms with Gasteiger partial charge in [-0.05, 0) is 19.1 Å². The van der Waals surface area contributed by atoms with Crippen LogP contribution in [0.5, 0.6) is 5.75 Å². The van der Waals surface area contributed by atoms with Gasteiger partial charge in [0.1, 0.15) is 5.75 Å². The molecule has 0 saturated heterocycles. The molecule has 0 bridgehead atoms. The minimum Gasteiger partial charge on any atom is -0.490 e. The summed E-state index contributed by atoms with van der Waals surface area (Å²) in [5, 5.41) is 0.645. The van der Waals surface area contributed by atoms with E-state index in [0.717, 1.165) is 17.7 Å². The van der Waals surface area contributed by atoms with Crippen molar-refractivity contribution in [1.29, 1.82) is 0 Å². The molecule has 0 aromatic heterocycles. The van der Waals surface area contributed by atoms with E-state index in [-0.39, 0.29) is 6.10 Å². The van der Waals surface area contributed by atoms with Gasteiger partial charge in [-0.15, -0.1) is 11.6 Å². The number of rotatable bonds is 6. The molecule has 4 heteroatoms. The summed E-state index contributed by atoms with van der Waals surface area (Å²) in [6, 6.07) is 5.55. The summed E-state index contributed by atoms with van der Waals surface area (Å²) in [6.07, 6.45) is 0.922. The van der Waals surface area contributed by atoms with Crippen LogP contribution in [0.25, 0.3) is 0 Å². The lowest BCUT2D eigenvalue weighted by Gasteiger charge is -2.17. The first-order valence-corrected chi connectivity index (χ1v) is 6.09. The minimum absolute atomic E-state index is 0.0837. The van der Waals surface area contributed by atoms with Crippen molar-refractivity contribution in [3.05, 3.63) is 28.8 Å². The van der Waals surface area contributed by atoms with Gasteiger partial charge in [-0.1, -0.05) is 17.7 Å². The second-order valence-corrected chi connectivity index (χ2v) is 4.23. The Hall–Kier alpha value is -0.440. The van der Waals surface area contributed by atoms with E-state index in [0.29, 0.717) is 17.5 Å². The van der Waals surface area contributed by atoms with Crippen LogP contribution in [0.15, 0.2) is 18.2 Å². The van der Waals surface area contributed by atoms with Crippen molar-refractivity contribution in [2.75, 3.05) is 13.7 Å². The summed E-state index contributed by atoms with van der Waals surface area (Å²) in [7, 11) is 1.68. The molecule has 0 amide bonds. The first-order chi connectivity index (χ1) is 7.69. The van der Waals surface area contributed by atoms with Crippen LogP contribution in [0.4, 0.5) is 0 Å². The van der Waals surface area contributed by atoms with E-state index in [1.54, 1.807) is 7.11 Å². The van der Waals surface area contributed by atoms with E-state index in [4.69, 9.17) is 32.7 Å². The zero-order valence-corrected chi connectivity index (χ0v) is 11.0. The average Bonchev–Trinajstić information content (AvgIpc) is 2.27. The number of alkyl halides is 1. The van der Waals surface area contributed by atoms with Gasteiger partial charge < -0.3 is 9.47 Å². The second-order valence-electron chi connectivity index (χ2n) is 3.56. The smallest absolute Gasteiger partial charge is 0.125 e. The predicted molar refractivity (Wildman–Crippen MR) is 67.6 cm³/mol. The van der Waals surface area contributed by atoms with E-state index in [2.05, 4.69) is 0 Å². The lowest BCUT2D eigenvalue weighted by molar-refractivity contribution is 0.134. The summed E-state index contributed by atoms with van der Waals surface area (Å²) in [5.41, 5.74) is 0.843.